The van der Waals surface area contributed by atoms with Gasteiger partial charge in [-0.2, -0.15) is 5.10 Å². The van der Waals surface area contributed by atoms with E-state index in [9.17, 15) is 8.42 Å². The summed E-state index contributed by atoms with van der Waals surface area (Å²) in [6.45, 7) is 5.98. The molecule has 0 spiro atoms. The third-order valence-corrected chi connectivity index (χ3v) is 4.23. The van der Waals surface area contributed by atoms with Crippen LogP contribution in [0.15, 0.2) is 12.3 Å². The Hall–Kier alpha value is -0.880. The van der Waals surface area contributed by atoms with Crippen LogP contribution in [-0.4, -0.2) is 36.2 Å². The molecule has 0 aliphatic rings. The summed E-state index contributed by atoms with van der Waals surface area (Å²) in [5, 5.41) is 7.48. The van der Waals surface area contributed by atoms with Crippen LogP contribution in [0.5, 0.6) is 0 Å². The molecular formula is C11H21N3O2S. The molecule has 1 aromatic rings. The number of nitrogens with one attached hydrogen (secondary N) is 1. The Labute approximate surface area is 103 Å². The van der Waals surface area contributed by atoms with E-state index in [2.05, 4.69) is 10.4 Å². The van der Waals surface area contributed by atoms with Crippen LogP contribution in [0.3, 0.4) is 0 Å². The minimum atomic E-state index is -2.91. The first-order chi connectivity index (χ1) is 8.07. The second-order valence-corrected chi connectivity index (χ2v) is 6.31. The summed E-state index contributed by atoms with van der Waals surface area (Å²) in [5.74, 6) is 0.432. The summed E-state index contributed by atoms with van der Waals surface area (Å²) < 4.78 is 24.8. The molecule has 0 bridgehead atoms. The number of aryl methyl sites for hydroxylation is 1. The van der Waals surface area contributed by atoms with Gasteiger partial charge >= 0.3 is 0 Å². The molecule has 1 aromatic heterocycles. The summed E-state index contributed by atoms with van der Waals surface area (Å²) in [7, 11) is -2.91. The quantitative estimate of drug-likeness (QED) is 0.750. The number of hydrogen-bond donors (Lipinski definition) is 1. The maximum Gasteiger partial charge on any atom is 0.152 e. The third kappa shape index (κ3) is 5.32. The number of sulfone groups is 1. The van der Waals surface area contributed by atoms with Crippen LogP contribution in [0.2, 0.25) is 0 Å². The number of nitrogens with zero attached hydrogens (tertiary/aromatic N) is 2. The zero-order valence-corrected chi connectivity index (χ0v) is 11.3. The SMILES string of the molecule is CCCS(=O)(=O)CCn1ccc(CNCC)n1. The van der Waals surface area contributed by atoms with Crippen molar-refractivity contribution in [1.29, 1.82) is 0 Å². The van der Waals surface area contributed by atoms with E-state index in [1.807, 2.05) is 26.1 Å². The fourth-order valence-electron chi connectivity index (χ4n) is 1.52. The van der Waals surface area contributed by atoms with E-state index in [4.69, 9.17) is 0 Å². The minimum absolute atomic E-state index is 0.170. The Morgan fingerprint density at radius 3 is 2.76 bits per heavy atom. The van der Waals surface area contributed by atoms with Crippen molar-refractivity contribution in [3.05, 3.63) is 18.0 Å². The lowest BCUT2D eigenvalue weighted by atomic mass is 10.4. The van der Waals surface area contributed by atoms with Crippen LogP contribution < -0.4 is 5.32 Å². The molecule has 6 heteroatoms. The Morgan fingerprint density at radius 1 is 1.35 bits per heavy atom. The lowest BCUT2D eigenvalue weighted by Crippen LogP contribution is -2.17. The molecule has 0 amide bonds. The van der Waals surface area contributed by atoms with Gasteiger partial charge in [0.2, 0.25) is 0 Å². The zero-order valence-electron chi connectivity index (χ0n) is 10.5. The highest BCUT2D eigenvalue weighted by Crippen LogP contribution is 1.99. The Bertz CT molecular complexity index is 426. The third-order valence-electron chi connectivity index (χ3n) is 2.40. The van der Waals surface area contributed by atoms with E-state index in [0.717, 1.165) is 18.8 Å². The van der Waals surface area contributed by atoms with Gasteiger partial charge < -0.3 is 5.32 Å². The minimum Gasteiger partial charge on any atom is -0.311 e. The largest absolute Gasteiger partial charge is 0.311 e. The highest BCUT2D eigenvalue weighted by atomic mass is 32.2. The molecular weight excluding hydrogens is 238 g/mol. The molecule has 0 aliphatic carbocycles. The van der Waals surface area contributed by atoms with E-state index in [-0.39, 0.29) is 11.5 Å². The number of rotatable bonds is 8. The van der Waals surface area contributed by atoms with Gasteiger partial charge in [0.25, 0.3) is 0 Å². The van der Waals surface area contributed by atoms with Gasteiger partial charge in [0.1, 0.15) is 0 Å². The van der Waals surface area contributed by atoms with E-state index in [1.165, 1.54) is 0 Å². The van der Waals surface area contributed by atoms with Crippen molar-refractivity contribution in [2.45, 2.75) is 33.4 Å². The van der Waals surface area contributed by atoms with Gasteiger partial charge in [-0.3, -0.25) is 4.68 Å². The van der Waals surface area contributed by atoms with Crippen molar-refractivity contribution in [2.75, 3.05) is 18.1 Å². The van der Waals surface area contributed by atoms with Crippen molar-refractivity contribution in [3.63, 3.8) is 0 Å². The molecule has 0 fully saturated rings. The van der Waals surface area contributed by atoms with Gasteiger partial charge in [-0.05, 0) is 19.0 Å². The van der Waals surface area contributed by atoms with Crippen LogP contribution in [0.25, 0.3) is 0 Å². The maximum atomic E-state index is 11.5. The van der Waals surface area contributed by atoms with Gasteiger partial charge in [-0.1, -0.05) is 13.8 Å². The molecule has 0 aromatic carbocycles. The van der Waals surface area contributed by atoms with Crippen molar-refractivity contribution in [1.82, 2.24) is 15.1 Å². The van der Waals surface area contributed by atoms with Gasteiger partial charge in [-0.15, -0.1) is 0 Å². The van der Waals surface area contributed by atoms with Crippen molar-refractivity contribution in [3.8, 4) is 0 Å². The first kappa shape index (κ1) is 14.2. The topological polar surface area (TPSA) is 64.0 Å². The van der Waals surface area contributed by atoms with Crippen LogP contribution in [0.1, 0.15) is 26.0 Å². The second-order valence-electron chi connectivity index (χ2n) is 4.00. The summed E-state index contributed by atoms with van der Waals surface area (Å²) in [5.41, 5.74) is 0.944. The van der Waals surface area contributed by atoms with Gasteiger partial charge in [0.05, 0.1) is 18.0 Å². The molecule has 0 saturated heterocycles. The molecule has 0 aliphatic heterocycles. The van der Waals surface area contributed by atoms with Crippen molar-refractivity contribution >= 4 is 9.84 Å². The summed E-state index contributed by atoms with van der Waals surface area (Å²) >= 11 is 0. The second kappa shape index (κ2) is 6.76. The normalized spacial score (nSPS) is 11.9. The van der Waals surface area contributed by atoms with Gasteiger partial charge in [0.15, 0.2) is 9.84 Å². The number of hydrogen-bond acceptors (Lipinski definition) is 4. The van der Waals surface area contributed by atoms with Crippen molar-refractivity contribution < 1.29 is 8.42 Å². The average Bonchev–Trinajstić information content (AvgIpc) is 2.72. The zero-order chi connectivity index (χ0) is 12.7. The van der Waals surface area contributed by atoms with Crippen LogP contribution in [0, 0.1) is 0 Å². The van der Waals surface area contributed by atoms with Gasteiger partial charge in [0, 0.05) is 18.5 Å². The smallest absolute Gasteiger partial charge is 0.152 e. The molecule has 0 saturated carbocycles. The van der Waals surface area contributed by atoms with E-state index >= 15 is 0 Å². The predicted molar refractivity (Wildman–Crippen MR) is 68.6 cm³/mol. The molecule has 0 unspecified atom stereocenters. The summed E-state index contributed by atoms with van der Waals surface area (Å²) in [6, 6.07) is 1.91. The standard InChI is InChI=1S/C11H21N3O2S/c1-3-8-17(15,16)9-7-14-6-5-11(13-14)10-12-4-2/h5-6,12H,3-4,7-10H2,1-2H3. The van der Waals surface area contributed by atoms with Gasteiger partial charge in [-0.25, -0.2) is 8.42 Å². The van der Waals surface area contributed by atoms with Crippen LogP contribution in [0.4, 0.5) is 0 Å². The van der Waals surface area contributed by atoms with E-state index < -0.39 is 9.84 Å². The van der Waals surface area contributed by atoms with E-state index in [0.29, 0.717) is 13.0 Å². The molecule has 0 atom stereocenters. The summed E-state index contributed by atoms with van der Waals surface area (Å²) in [4.78, 5) is 0. The molecule has 98 valence electrons. The molecule has 1 rings (SSSR count). The fourth-order valence-corrected chi connectivity index (χ4v) is 2.81. The first-order valence-electron chi connectivity index (χ1n) is 6.01. The highest BCUT2D eigenvalue weighted by Gasteiger charge is 2.09. The van der Waals surface area contributed by atoms with E-state index in [1.54, 1.807) is 4.68 Å². The Morgan fingerprint density at radius 2 is 2.12 bits per heavy atom. The summed E-state index contributed by atoms with van der Waals surface area (Å²) in [6.07, 6.45) is 2.50. The van der Waals surface area contributed by atoms with Crippen LogP contribution >= 0.6 is 0 Å². The average molecular weight is 259 g/mol. The molecule has 0 radical (unpaired) electrons. The Balaban J connectivity index is 2.44. The highest BCUT2D eigenvalue weighted by molar-refractivity contribution is 7.91. The number of aromatic nitrogens is 2. The molecule has 17 heavy (non-hydrogen) atoms. The lowest BCUT2D eigenvalue weighted by Gasteiger charge is -2.03. The molecule has 1 N–H and O–H groups in total. The maximum absolute atomic E-state index is 11.5. The van der Waals surface area contributed by atoms with Crippen molar-refractivity contribution in [2.24, 2.45) is 0 Å². The molecule has 1 heterocycles. The van der Waals surface area contributed by atoms with Crippen LogP contribution in [-0.2, 0) is 22.9 Å². The fraction of sp³-hybridized carbons (Fsp3) is 0.727. The molecule has 5 nitrogen and oxygen atoms in total. The first-order valence-corrected chi connectivity index (χ1v) is 7.83. The lowest BCUT2D eigenvalue weighted by molar-refractivity contribution is 0.576. The monoisotopic (exact) mass is 259 g/mol. The Kier molecular flexibility index (Phi) is 5.64. The predicted octanol–water partition coefficient (Wildman–Crippen LogP) is 0.817.